The van der Waals surface area contributed by atoms with Gasteiger partial charge < -0.3 is 54.7 Å². The molecule has 0 unspecified atom stereocenters. The van der Waals surface area contributed by atoms with Crippen LogP contribution >= 0.6 is 0 Å². The van der Waals surface area contributed by atoms with Crippen molar-refractivity contribution in [3.05, 3.63) is 52.8 Å². The monoisotopic (exact) mass is 836 g/mol. The molecule has 0 aromatic heterocycles. The molecule has 0 saturated heterocycles. The van der Waals surface area contributed by atoms with E-state index in [0.717, 1.165) is 6.21 Å². The molecule has 0 radical (unpaired) electrons. The predicted molar refractivity (Wildman–Crippen MR) is 227 cm³/mol. The van der Waals surface area contributed by atoms with Crippen molar-refractivity contribution in [3.63, 3.8) is 0 Å². The van der Waals surface area contributed by atoms with Crippen molar-refractivity contribution in [2.45, 2.75) is 106 Å². The number of esters is 1. The Balaban J connectivity index is 2.00. The third-order valence-corrected chi connectivity index (χ3v) is 11.6. The zero-order valence-corrected chi connectivity index (χ0v) is 36.4. The third kappa shape index (κ3) is 9.30. The lowest BCUT2D eigenvalue weighted by atomic mass is 9.78. The quantitative estimate of drug-likeness (QED) is 0.0502. The maximum atomic E-state index is 14.4. The van der Waals surface area contributed by atoms with Crippen LogP contribution in [0.15, 0.2) is 46.3 Å². The number of benzene rings is 2. The molecular weight excluding hydrogens is 776 g/mol. The van der Waals surface area contributed by atoms with Crippen LogP contribution in [0.25, 0.3) is 10.8 Å². The number of carbonyl (C=O) groups excluding carboxylic acids is 3. The average molecular weight is 837 g/mol. The Morgan fingerprint density at radius 3 is 2.20 bits per heavy atom. The molecule has 2 aromatic carbocycles. The van der Waals surface area contributed by atoms with Crippen LogP contribution in [0.5, 0.6) is 23.0 Å². The molecule has 328 valence electrons. The molecule has 16 nitrogen and oxygen atoms in total. The normalized spacial score (nSPS) is 30.1. The molecule has 0 saturated carbocycles. The Labute approximate surface area is 350 Å². The number of amides is 1. The van der Waals surface area contributed by atoms with E-state index in [0.29, 0.717) is 18.9 Å². The fourth-order valence-corrected chi connectivity index (χ4v) is 7.79. The van der Waals surface area contributed by atoms with Crippen molar-refractivity contribution < 1.29 is 58.9 Å². The number of allylic oxidation sites excluding steroid dienone is 2. The number of phenols is 3. The summed E-state index contributed by atoms with van der Waals surface area (Å²) in [6, 6.07) is 0. The van der Waals surface area contributed by atoms with E-state index in [9.17, 15) is 39.9 Å². The van der Waals surface area contributed by atoms with Crippen LogP contribution in [0.1, 0.15) is 90.7 Å². The summed E-state index contributed by atoms with van der Waals surface area (Å²) >= 11 is 0. The Bertz CT molecular complexity index is 2120. The van der Waals surface area contributed by atoms with Crippen LogP contribution < -0.4 is 10.1 Å². The van der Waals surface area contributed by atoms with Gasteiger partial charge in [0.25, 0.3) is 11.7 Å². The van der Waals surface area contributed by atoms with Gasteiger partial charge in [-0.1, -0.05) is 45.9 Å². The fourth-order valence-electron chi connectivity index (χ4n) is 7.79. The van der Waals surface area contributed by atoms with Crippen LogP contribution in [-0.4, -0.2) is 111 Å². The first-order valence-electron chi connectivity index (χ1n) is 20.1. The van der Waals surface area contributed by atoms with Gasteiger partial charge in [0.05, 0.1) is 53.0 Å². The number of ether oxygens (including phenoxy) is 4. The molecule has 3 heterocycles. The number of ketones is 1. The maximum Gasteiger partial charge on any atom is 0.312 e. The number of hydrogen-bond donors (Lipinski definition) is 6. The topological polar surface area (TPSA) is 229 Å². The lowest BCUT2D eigenvalue weighted by molar-refractivity contribution is -0.160. The maximum absolute atomic E-state index is 14.4. The first-order chi connectivity index (χ1) is 28.2. The molecule has 60 heavy (non-hydrogen) atoms. The minimum Gasteiger partial charge on any atom is -0.507 e. The first-order valence-corrected chi connectivity index (χ1v) is 20.1. The van der Waals surface area contributed by atoms with Crippen LogP contribution in [-0.2, 0) is 23.8 Å². The number of amidine groups is 1. The molecule has 6 N–H and O–H groups in total. The number of nitrogens with one attached hydrogen (secondary N) is 1. The molecule has 0 aliphatic carbocycles. The zero-order chi connectivity index (χ0) is 45.0. The van der Waals surface area contributed by atoms with Gasteiger partial charge in [-0.25, -0.2) is 0 Å². The van der Waals surface area contributed by atoms with E-state index >= 15 is 0 Å². The van der Waals surface area contributed by atoms with Crippen LogP contribution in [0, 0.1) is 30.6 Å². The molecule has 16 heteroatoms. The van der Waals surface area contributed by atoms with Gasteiger partial charge in [0.1, 0.15) is 29.2 Å². The summed E-state index contributed by atoms with van der Waals surface area (Å²) in [5.74, 6) is -8.09. The smallest absolute Gasteiger partial charge is 0.312 e. The second-order valence-electron chi connectivity index (χ2n) is 15.7. The van der Waals surface area contributed by atoms with Gasteiger partial charge in [0.2, 0.25) is 0 Å². The number of aromatic hydroxyl groups is 3. The molecule has 1 amide bonds. The number of carbonyl (C=O) groups is 3. The van der Waals surface area contributed by atoms with Crippen molar-refractivity contribution in [3.8, 4) is 23.0 Å². The van der Waals surface area contributed by atoms with Gasteiger partial charge in [0, 0.05) is 74.2 Å². The number of nitrogens with zero attached hydrogens (tertiary/aromatic N) is 3. The summed E-state index contributed by atoms with van der Waals surface area (Å²) in [5.41, 5.74) is -0.591. The Kier molecular flexibility index (Phi) is 15.2. The van der Waals surface area contributed by atoms with E-state index < -0.39 is 88.8 Å². The van der Waals surface area contributed by atoms with E-state index in [2.05, 4.69) is 15.5 Å². The number of anilines is 1. The van der Waals surface area contributed by atoms with E-state index in [-0.39, 0.29) is 44.5 Å². The lowest BCUT2D eigenvalue weighted by Crippen LogP contribution is -2.46. The molecule has 3 aliphatic rings. The summed E-state index contributed by atoms with van der Waals surface area (Å²) in [4.78, 5) is 42.4. The highest BCUT2D eigenvalue weighted by molar-refractivity contribution is 6.23. The average Bonchev–Trinajstić information content (AvgIpc) is 3.47. The standard InChI is InChI=1S/C44H60N4O12/c1-13-48(14-2)27(9)47-45-20-29-34-39(54)32-31(38(29)53)33-41(26(8)37(32)52)60-44(11,42(33)55)58-19-18-30(57-12)23(5)40(59-28(10)49)25(7)36(51)24(6)35(50)21(3)16-15-17-22(4)43(56)46-34/h15-21,23-25,30,35-36,40,50-54H,13-14H2,1-12H3,(H,46,56)/b16-15+,19-18+,22-17-,45-20-,47-27+/t21-,23+,24+,25+,30-,35-,36+,40+,44-/m0/s1. The number of aliphatic hydroxyl groups excluding tert-OH is 2. The van der Waals surface area contributed by atoms with Gasteiger partial charge in [-0.3, -0.25) is 14.4 Å². The Hall–Kier alpha value is -5.45. The van der Waals surface area contributed by atoms with Gasteiger partial charge in [-0.05, 0) is 40.7 Å². The summed E-state index contributed by atoms with van der Waals surface area (Å²) in [7, 11) is 1.43. The molecule has 0 fully saturated rings. The molecule has 9 atom stereocenters. The molecule has 5 bridgehead atoms. The van der Waals surface area contributed by atoms with Gasteiger partial charge in [-0.15, -0.1) is 5.10 Å². The molecule has 5 rings (SSSR count). The number of hydrogen-bond acceptors (Lipinski definition) is 14. The van der Waals surface area contributed by atoms with E-state index in [4.69, 9.17) is 18.9 Å². The molecular formula is C44H60N4O12. The summed E-state index contributed by atoms with van der Waals surface area (Å²) in [5, 5.41) is 68.7. The third-order valence-electron chi connectivity index (χ3n) is 11.6. The fraction of sp³-hybridized carbons (Fsp3) is 0.523. The zero-order valence-electron chi connectivity index (χ0n) is 36.4. The number of rotatable bonds is 6. The predicted octanol–water partition coefficient (Wildman–Crippen LogP) is 5.85. The van der Waals surface area contributed by atoms with Crippen molar-refractivity contribution in [2.75, 3.05) is 25.5 Å². The van der Waals surface area contributed by atoms with Gasteiger partial charge >= 0.3 is 11.8 Å². The van der Waals surface area contributed by atoms with Crippen LogP contribution in [0.4, 0.5) is 5.69 Å². The number of methoxy groups -OCH3 is 1. The van der Waals surface area contributed by atoms with E-state index in [1.807, 2.05) is 18.7 Å². The number of aliphatic hydroxyl groups is 2. The minimum atomic E-state index is -2.07. The van der Waals surface area contributed by atoms with Gasteiger partial charge in [-0.2, -0.15) is 5.10 Å². The van der Waals surface area contributed by atoms with E-state index in [1.165, 1.54) is 53.2 Å². The van der Waals surface area contributed by atoms with Crippen molar-refractivity contribution in [2.24, 2.45) is 33.9 Å². The Morgan fingerprint density at radius 2 is 1.60 bits per heavy atom. The Morgan fingerprint density at radius 1 is 0.950 bits per heavy atom. The van der Waals surface area contributed by atoms with Crippen molar-refractivity contribution in [1.82, 2.24) is 4.90 Å². The van der Waals surface area contributed by atoms with Crippen molar-refractivity contribution >= 4 is 46.2 Å². The highest BCUT2D eigenvalue weighted by atomic mass is 16.7. The summed E-state index contributed by atoms with van der Waals surface area (Å²) < 4.78 is 23.6. The van der Waals surface area contributed by atoms with Gasteiger partial charge in [0.15, 0.2) is 5.75 Å². The van der Waals surface area contributed by atoms with E-state index in [1.54, 1.807) is 46.8 Å². The number of fused-ring (bicyclic) bond motifs is 14. The highest BCUT2D eigenvalue weighted by Gasteiger charge is 2.50. The molecule has 3 aliphatic heterocycles. The number of phenolic OH excluding ortho intramolecular Hbond substituents is 3. The molecule has 2 aromatic rings. The SMILES string of the molecule is CCN(CC)/C(C)=N/N=C\c1c2c(O)c3c(O)c(C)c4c(c3c1O)C(=O)[C@@](C)(O/C=C/[C@H](OC)[C@@H](C)[C@@H](OC(C)=O)[C@H](C)[C@H](O)[C@H](C)[C@@H](O)[C@@H](C)/C=C/C=C(/C)C(=O)N2)O4. The lowest BCUT2D eigenvalue weighted by Gasteiger charge is -2.38. The minimum absolute atomic E-state index is 0.0347. The summed E-state index contributed by atoms with van der Waals surface area (Å²) in [6.07, 6.45) is 4.58. The van der Waals surface area contributed by atoms with Crippen LogP contribution in [0.2, 0.25) is 0 Å². The number of Topliss-reactive ketones (excluding diaryl/α,β-unsaturated/α-hetero) is 1. The van der Waals surface area contributed by atoms with Crippen LogP contribution in [0.3, 0.4) is 0 Å². The second-order valence-corrected chi connectivity index (χ2v) is 15.7. The summed E-state index contributed by atoms with van der Waals surface area (Å²) in [6.45, 7) is 19.4. The second kappa shape index (κ2) is 19.3. The highest BCUT2D eigenvalue weighted by Crippen LogP contribution is 2.55. The molecule has 0 spiro atoms. The van der Waals surface area contributed by atoms with Crippen molar-refractivity contribution in [1.29, 1.82) is 0 Å². The largest absolute Gasteiger partial charge is 0.507 e. The first kappa shape index (κ1) is 47.2.